The molecule has 0 saturated carbocycles. The van der Waals surface area contributed by atoms with Crippen LogP contribution in [0.15, 0.2) is 30.5 Å². The zero-order chi connectivity index (χ0) is 20.3. The summed E-state index contributed by atoms with van der Waals surface area (Å²) in [6.45, 7) is 3.69. The van der Waals surface area contributed by atoms with E-state index in [1.165, 1.54) is 0 Å². The molecule has 0 aliphatic carbocycles. The van der Waals surface area contributed by atoms with E-state index in [1.54, 1.807) is 39.0 Å². The molecule has 0 unspecified atom stereocenters. The van der Waals surface area contributed by atoms with E-state index in [0.29, 0.717) is 28.6 Å². The summed E-state index contributed by atoms with van der Waals surface area (Å²) in [6, 6.07) is 7.41. The largest absolute Gasteiger partial charge is 0.494 e. The first kappa shape index (κ1) is 19.2. The molecule has 0 radical (unpaired) electrons. The van der Waals surface area contributed by atoms with Crippen molar-refractivity contribution in [2.75, 3.05) is 31.8 Å². The normalized spacial score (nSPS) is 10.5. The predicted octanol–water partition coefficient (Wildman–Crippen LogP) is 2.43. The molecule has 0 fully saturated rings. The summed E-state index contributed by atoms with van der Waals surface area (Å²) in [7, 11) is 4.98. The number of benzene rings is 1. The van der Waals surface area contributed by atoms with Crippen LogP contribution in [0.5, 0.6) is 5.75 Å². The van der Waals surface area contributed by atoms with Crippen LogP contribution in [0.1, 0.15) is 21.7 Å². The number of nitrogens with one attached hydrogen (secondary N) is 3. The molecule has 0 aliphatic rings. The number of methoxy groups -OCH3 is 1. The summed E-state index contributed by atoms with van der Waals surface area (Å²) in [5, 5.41) is 13.3. The summed E-state index contributed by atoms with van der Waals surface area (Å²) >= 11 is 0. The average molecular weight is 381 g/mol. The second-order valence-electron chi connectivity index (χ2n) is 6.13. The van der Waals surface area contributed by atoms with Crippen LogP contribution in [0.25, 0.3) is 5.69 Å². The molecule has 3 N–H and O–H groups in total. The molecule has 2 heterocycles. The van der Waals surface area contributed by atoms with E-state index in [-0.39, 0.29) is 5.91 Å². The molecule has 28 heavy (non-hydrogen) atoms. The van der Waals surface area contributed by atoms with Crippen LogP contribution in [-0.4, -0.2) is 46.9 Å². The molecule has 9 nitrogen and oxygen atoms in total. The van der Waals surface area contributed by atoms with Crippen molar-refractivity contribution in [2.45, 2.75) is 13.8 Å². The maximum absolute atomic E-state index is 12.0. The predicted molar refractivity (Wildman–Crippen MR) is 108 cm³/mol. The lowest BCUT2D eigenvalue weighted by Gasteiger charge is -2.12. The molecule has 3 rings (SSSR count). The van der Waals surface area contributed by atoms with Crippen LogP contribution < -0.4 is 20.7 Å². The number of anilines is 3. The summed E-state index contributed by atoms with van der Waals surface area (Å²) in [5.74, 6) is 1.63. The number of hydrogen-bond donors (Lipinski definition) is 3. The van der Waals surface area contributed by atoms with Crippen molar-refractivity contribution in [1.29, 1.82) is 0 Å². The molecule has 0 atom stereocenters. The SMILES string of the molecule is CNC(=O)c1cn(-c2cc(Nc3nc(C)cc(NC)n3)ccc2OC)nc1C. The molecule has 0 aliphatic heterocycles. The molecule has 146 valence electrons. The van der Waals surface area contributed by atoms with Gasteiger partial charge in [-0.25, -0.2) is 9.67 Å². The molecule has 1 aromatic carbocycles. The van der Waals surface area contributed by atoms with Crippen molar-refractivity contribution >= 4 is 23.4 Å². The fraction of sp³-hybridized carbons (Fsp3) is 0.263. The number of amides is 1. The topological polar surface area (TPSA) is 106 Å². The van der Waals surface area contributed by atoms with Gasteiger partial charge in [-0.15, -0.1) is 0 Å². The number of rotatable bonds is 6. The molecule has 0 spiro atoms. The molecule has 2 aromatic heterocycles. The second kappa shape index (κ2) is 7.95. The Balaban J connectivity index is 1.99. The number of nitrogens with zero attached hydrogens (tertiary/aromatic N) is 4. The van der Waals surface area contributed by atoms with Crippen LogP contribution in [0.3, 0.4) is 0 Å². The highest BCUT2D eigenvalue weighted by Gasteiger charge is 2.15. The number of aryl methyl sites for hydroxylation is 2. The number of carbonyl (C=O) groups is 1. The van der Waals surface area contributed by atoms with Crippen molar-refractivity contribution in [3.05, 3.63) is 47.4 Å². The van der Waals surface area contributed by atoms with E-state index in [2.05, 4.69) is 31.0 Å². The van der Waals surface area contributed by atoms with Crippen LogP contribution >= 0.6 is 0 Å². The van der Waals surface area contributed by atoms with E-state index >= 15 is 0 Å². The monoisotopic (exact) mass is 381 g/mol. The maximum Gasteiger partial charge on any atom is 0.254 e. The highest BCUT2D eigenvalue weighted by atomic mass is 16.5. The maximum atomic E-state index is 12.0. The van der Waals surface area contributed by atoms with Gasteiger partial charge >= 0.3 is 0 Å². The van der Waals surface area contributed by atoms with Crippen molar-refractivity contribution in [3.63, 3.8) is 0 Å². The zero-order valence-electron chi connectivity index (χ0n) is 16.5. The molecule has 9 heteroatoms. The van der Waals surface area contributed by atoms with Gasteiger partial charge in [0.05, 0.1) is 18.4 Å². The Kier molecular flexibility index (Phi) is 5.44. The number of hydrogen-bond acceptors (Lipinski definition) is 7. The molecule has 3 aromatic rings. The van der Waals surface area contributed by atoms with Crippen molar-refractivity contribution < 1.29 is 9.53 Å². The average Bonchev–Trinajstić information content (AvgIpc) is 3.08. The number of ether oxygens (including phenoxy) is 1. The highest BCUT2D eigenvalue weighted by molar-refractivity contribution is 5.94. The molecule has 0 bridgehead atoms. The fourth-order valence-corrected chi connectivity index (χ4v) is 2.77. The molecule has 1 amide bonds. The fourth-order valence-electron chi connectivity index (χ4n) is 2.77. The van der Waals surface area contributed by atoms with Gasteiger partial charge in [-0.1, -0.05) is 0 Å². The van der Waals surface area contributed by atoms with Crippen LogP contribution in [0.2, 0.25) is 0 Å². The standard InChI is InChI=1S/C19H23N7O2/c1-11-8-17(20-3)24-19(22-11)23-13-6-7-16(28-5)15(9-13)26-10-14(12(2)25-26)18(27)21-4/h6-10H,1-5H3,(H,21,27)(H2,20,22,23,24). The minimum Gasteiger partial charge on any atom is -0.494 e. The Morgan fingerprint density at radius 1 is 1.14 bits per heavy atom. The third-order valence-corrected chi connectivity index (χ3v) is 4.16. The molecular formula is C19H23N7O2. The Morgan fingerprint density at radius 3 is 2.61 bits per heavy atom. The summed E-state index contributed by atoms with van der Waals surface area (Å²) in [4.78, 5) is 20.8. The lowest BCUT2D eigenvalue weighted by Crippen LogP contribution is -2.18. The van der Waals surface area contributed by atoms with E-state index < -0.39 is 0 Å². The smallest absolute Gasteiger partial charge is 0.254 e. The first-order chi connectivity index (χ1) is 13.4. The summed E-state index contributed by atoms with van der Waals surface area (Å²) in [6.07, 6.45) is 1.68. The minimum atomic E-state index is -0.190. The Bertz CT molecular complexity index is 1010. The van der Waals surface area contributed by atoms with Gasteiger partial charge in [0.25, 0.3) is 5.91 Å². The van der Waals surface area contributed by atoms with E-state index in [9.17, 15) is 4.79 Å². The number of aromatic nitrogens is 4. The van der Waals surface area contributed by atoms with Gasteiger partial charge in [0.15, 0.2) is 0 Å². The first-order valence-electron chi connectivity index (χ1n) is 8.72. The third-order valence-electron chi connectivity index (χ3n) is 4.16. The van der Waals surface area contributed by atoms with Gasteiger partial charge in [-0.2, -0.15) is 10.1 Å². The Labute approximate surface area is 163 Å². The minimum absolute atomic E-state index is 0.190. The van der Waals surface area contributed by atoms with Gasteiger partial charge < -0.3 is 20.7 Å². The van der Waals surface area contributed by atoms with Crippen LogP contribution in [0, 0.1) is 13.8 Å². The Morgan fingerprint density at radius 2 is 1.93 bits per heavy atom. The lowest BCUT2D eigenvalue weighted by atomic mass is 10.2. The van der Waals surface area contributed by atoms with Crippen molar-refractivity contribution in [1.82, 2.24) is 25.1 Å². The van der Waals surface area contributed by atoms with Gasteiger partial charge in [0.1, 0.15) is 17.3 Å². The molecule has 0 saturated heterocycles. The van der Waals surface area contributed by atoms with Crippen LogP contribution in [-0.2, 0) is 0 Å². The summed E-state index contributed by atoms with van der Waals surface area (Å²) < 4.78 is 7.09. The Hall–Kier alpha value is -3.62. The first-order valence-corrected chi connectivity index (χ1v) is 8.72. The molecular weight excluding hydrogens is 358 g/mol. The van der Waals surface area contributed by atoms with Gasteiger partial charge in [-0.05, 0) is 32.0 Å². The number of carbonyl (C=O) groups excluding carboxylic acids is 1. The third kappa shape index (κ3) is 3.88. The van der Waals surface area contributed by atoms with Gasteiger partial charge in [0, 0.05) is 37.7 Å². The summed E-state index contributed by atoms with van der Waals surface area (Å²) in [5.41, 5.74) is 3.42. The van der Waals surface area contributed by atoms with Crippen molar-refractivity contribution in [2.24, 2.45) is 0 Å². The second-order valence-corrected chi connectivity index (χ2v) is 6.13. The van der Waals surface area contributed by atoms with Crippen molar-refractivity contribution in [3.8, 4) is 11.4 Å². The van der Waals surface area contributed by atoms with Gasteiger partial charge in [0.2, 0.25) is 5.95 Å². The zero-order valence-corrected chi connectivity index (χ0v) is 16.5. The quantitative estimate of drug-likeness (QED) is 0.602. The van der Waals surface area contributed by atoms with Crippen LogP contribution in [0.4, 0.5) is 17.5 Å². The van der Waals surface area contributed by atoms with E-state index in [0.717, 1.165) is 17.2 Å². The van der Waals surface area contributed by atoms with Gasteiger partial charge in [-0.3, -0.25) is 4.79 Å². The van der Waals surface area contributed by atoms with E-state index in [1.807, 2.05) is 31.2 Å². The van der Waals surface area contributed by atoms with E-state index in [4.69, 9.17) is 4.74 Å². The lowest BCUT2D eigenvalue weighted by molar-refractivity contribution is 0.0962. The highest BCUT2D eigenvalue weighted by Crippen LogP contribution is 2.28.